The third-order valence-electron chi connectivity index (χ3n) is 2.43. The van der Waals surface area contributed by atoms with Gasteiger partial charge in [-0.1, -0.05) is 23.7 Å². The Morgan fingerprint density at radius 3 is 2.50 bits per heavy atom. The summed E-state index contributed by atoms with van der Waals surface area (Å²) in [5, 5.41) is 0.497. The normalized spacial score (nSPS) is 10.4. The zero-order valence-electron chi connectivity index (χ0n) is 8.80. The highest BCUT2D eigenvalue weighted by Gasteiger charge is 2.08. The minimum absolute atomic E-state index is 0.320. The molecule has 82 valence electrons. The van der Waals surface area contributed by atoms with Crippen LogP contribution in [0.4, 0.5) is 10.1 Å². The van der Waals surface area contributed by atoms with E-state index in [1.165, 1.54) is 18.2 Å². The van der Waals surface area contributed by atoms with Gasteiger partial charge in [0.2, 0.25) is 0 Å². The van der Waals surface area contributed by atoms with E-state index in [1.54, 1.807) is 0 Å². The minimum atomic E-state index is -0.320. The number of nitrogen functional groups attached to an aromatic ring is 1. The molecule has 0 aliphatic rings. The highest BCUT2D eigenvalue weighted by Crippen LogP contribution is 2.32. The molecule has 2 N–H and O–H groups in total. The maximum Gasteiger partial charge on any atom is 0.123 e. The highest BCUT2D eigenvalue weighted by molar-refractivity contribution is 6.33. The maximum absolute atomic E-state index is 13.1. The smallest absolute Gasteiger partial charge is 0.123 e. The van der Waals surface area contributed by atoms with Crippen molar-refractivity contribution in [3.8, 4) is 11.1 Å². The van der Waals surface area contributed by atoms with Crippen molar-refractivity contribution in [1.82, 2.24) is 0 Å². The Labute approximate surface area is 98.7 Å². The van der Waals surface area contributed by atoms with Crippen molar-refractivity contribution < 1.29 is 4.39 Å². The van der Waals surface area contributed by atoms with Crippen LogP contribution in [0.2, 0.25) is 5.02 Å². The van der Waals surface area contributed by atoms with Crippen LogP contribution in [0.25, 0.3) is 11.1 Å². The third kappa shape index (κ3) is 2.02. The quantitative estimate of drug-likeness (QED) is 0.742. The van der Waals surface area contributed by atoms with Crippen molar-refractivity contribution in [2.24, 2.45) is 0 Å². The van der Waals surface area contributed by atoms with E-state index in [9.17, 15) is 4.39 Å². The number of nitrogens with two attached hydrogens (primary N) is 1. The molecule has 0 saturated carbocycles. The number of rotatable bonds is 1. The molecule has 0 unspecified atom stereocenters. The van der Waals surface area contributed by atoms with E-state index < -0.39 is 0 Å². The lowest BCUT2D eigenvalue weighted by Gasteiger charge is -2.08. The zero-order valence-corrected chi connectivity index (χ0v) is 9.55. The monoisotopic (exact) mass is 235 g/mol. The minimum Gasteiger partial charge on any atom is -0.398 e. The van der Waals surface area contributed by atoms with Crippen LogP contribution >= 0.6 is 11.6 Å². The number of halogens is 2. The van der Waals surface area contributed by atoms with Gasteiger partial charge in [0.05, 0.1) is 0 Å². The molecule has 0 bridgehead atoms. The zero-order chi connectivity index (χ0) is 11.7. The van der Waals surface area contributed by atoms with Crippen molar-refractivity contribution in [3.05, 3.63) is 52.8 Å². The summed E-state index contributed by atoms with van der Waals surface area (Å²) in [6.45, 7) is 1.95. The SMILES string of the molecule is Cc1ccc(-c2cc(F)ccc2Cl)c(N)c1. The topological polar surface area (TPSA) is 26.0 Å². The summed E-state index contributed by atoms with van der Waals surface area (Å²) >= 11 is 6.02. The van der Waals surface area contributed by atoms with Crippen LogP contribution in [0.15, 0.2) is 36.4 Å². The molecule has 0 fully saturated rings. The molecular formula is C13H11ClFN. The molecule has 0 spiro atoms. The first-order chi connectivity index (χ1) is 7.58. The molecule has 2 aromatic carbocycles. The fourth-order valence-corrected chi connectivity index (χ4v) is 1.85. The molecule has 3 heteroatoms. The number of benzene rings is 2. The van der Waals surface area contributed by atoms with Crippen LogP contribution in [0, 0.1) is 12.7 Å². The molecule has 0 atom stereocenters. The molecule has 0 amide bonds. The average Bonchev–Trinajstić information content (AvgIpc) is 2.22. The lowest BCUT2D eigenvalue weighted by Crippen LogP contribution is -1.92. The van der Waals surface area contributed by atoms with E-state index in [4.69, 9.17) is 17.3 Å². The van der Waals surface area contributed by atoms with Crippen LogP contribution in [0.1, 0.15) is 5.56 Å². The van der Waals surface area contributed by atoms with Gasteiger partial charge in [0.25, 0.3) is 0 Å². The van der Waals surface area contributed by atoms with Gasteiger partial charge in [-0.05, 0) is 36.8 Å². The summed E-state index contributed by atoms with van der Waals surface area (Å²) in [6, 6.07) is 9.87. The van der Waals surface area contributed by atoms with Crippen molar-refractivity contribution in [2.75, 3.05) is 5.73 Å². The summed E-state index contributed by atoms with van der Waals surface area (Å²) in [5.74, 6) is -0.320. The van der Waals surface area contributed by atoms with Gasteiger partial charge in [0, 0.05) is 21.8 Å². The van der Waals surface area contributed by atoms with Gasteiger partial charge in [-0.3, -0.25) is 0 Å². The van der Waals surface area contributed by atoms with Crippen LogP contribution in [0.3, 0.4) is 0 Å². The molecule has 0 aliphatic heterocycles. The second-order valence-corrected chi connectivity index (χ2v) is 4.12. The Hall–Kier alpha value is -1.54. The van der Waals surface area contributed by atoms with Gasteiger partial charge < -0.3 is 5.73 Å². The Kier molecular flexibility index (Phi) is 2.84. The van der Waals surface area contributed by atoms with E-state index in [0.29, 0.717) is 16.3 Å². The number of hydrogen-bond acceptors (Lipinski definition) is 1. The molecule has 0 radical (unpaired) electrons. The molecule has 0 aromatic heterocycles. The van der Waals surface area contributed by atoms with Crippen molar-refractivity contribution in [3.63, 3.8) is 0 Å². The number of anilines is 1. The van der Waals surface area contributed by atoms with Crippen molar-refractivity contribution >= 4 is 17.3 Å². The van der Waals surface area contributed by atoms with E-state index >= 15 is 0 Å². The first-order valence-corrected chi connectivity index (χ1v) is 5.27. The van der Waals surface area contributed by atoms with E-state index in [2.05, 4.69) is 0 Å². The second kappa shape index (κ2) is 4.14. The Bertz CT molecular complexity index is 537. The lowest BCUT2D eigenvalue weighted by atomic mass is 10.0. The van der Waals surface area contributed by atoms with Gasteiger partial charge >= 0.3 is 0 Å². The van der Waals surface area contributed by atoms with Crippen LogP contribution < -0.4 is 5.73 Å². The van der Waals surface area contributed by atoms with Crippen molar-refractivity contribution in [2.45, 2.75) is 6.92 Å². The van der Waals surface area contributed by atoms with E-state index in [-0.39, 0.29) is 5.82 Å². The van der Waals surface area contributed by atoms with E-state index in [1.807, 2.05) is 25.1 Å². The molecule has 16 heavy (non-hydrogen) atoms. The summed E-state index contributed by atoms with van der Waals surface area (Å²) in [5.41, 5.74) is 8.94. The van der Waals surface area contributed by atoms with Crippen molar-refractivity contribution in [1.29, 1.82) is 0 Å². The van der Waals surface area contributed by atoms with Crippen LogP contribution in [-0.4, -0.2) is 0 Å². The summed E-state index contributed by atoms with van der Waals surface area (Å²) in [6.07, 6.45) is 0. The fraction of sp³-hybridized carbons (Fsp3) is 0.0769. The molecule has 0 saturated heterocycles. The predicted molar refractivity (Wildman–Crippen MR) is 66.0 cm³/mol. The van der Waals surface area contributed by atoms with Gasteiger partial charge in [-0.2, -0.15) is 0 Å². The lowest BCUT2D eigenvalue weighted by molar-refractivity contribution is 0.628. The van der Waals surface area contributed by atoms with Gasteiger partial charge in [0.15, 0.2) is 0 Å². The van der Waals surface area contributed by atoms with Crippen LogP contribution in [-0.2, 0) is 0 Å². The molecule has 2 rings (SSSR count). The van der Waals surface area contributed by atoms with Gasteiger partial charge in [-0.25, -0.2) is 4.39 Å². The molecule has 0 aliphatic carbocycles. The second-order valence-electron chi connectivity index (χ2n) is 3.71. The summed E-state index contributed by atoms with van der Waals surface area (Å²) in [7, 11) is 0. The van der Waals surface area contributed by atoms with Crippen LogP contribution in [0.5, 0.6) is 0 Å². The Balaban J connectivity index is 2.62. The maximum atomic E-state index is 13.1. The summed E-state index contributed by atoms with van der Waals surface area (Å²) in [4.78, 5) is 0. The molecule has 0 heterocycles. The molecule has 2 aromatic rings. The fourth-order valence-electron chi connectivity index (χ4n) is 1.63. The molecular weight excluding hydrogens is 225 g/mol. The highest BCUT2D eigenvalue weighted by atomic mass is 35.5. The largest absolute Gasteiger partial charge is 0.398 e. The van der Waals surface area contributed by atoms with E-state index in [0.717, 1.165) is 11.1 Å². The average molecular weight is 236 g/mol. The Morgan fingerprint density at radius 1 is 1.06 bits per heavy atom. The van der Waals surface area contributed by atoms with Gasteiger partial charge in [0.1, 0.15) is 5.82 Å². The third-order valence-corrected chi connectivity index (χ3v) is 2.76. The Morgan fingerprint density at radius 2 is 1.81 bits per heavy atom. The first kappa shape index (κ1) is 11.0. The standard InChI is InChI=1S/C13H11ClFN/c1-8-2-4-10(13(16)6-8)11-7-9(15)3-5-12(11)14/h2-7H,16H2,1H3. The first-order valence-electron chi connectivity index (χ1n) is 4.89. The number of aryl methyl sites for hydroxylation is 1. The number of hydrogen-bond donors (Lipinski definition) is 1. The predicted octanol–water partition coefficient (Wildman–Crippen LogP) is 4.04. The molecule has 1 nitrogen and oxygen atoms in total. The van der Waals surface area contributed by atoms with Gasteiger partial charge in [-0.15, -0.1) is 0 Å². The summed E-state index contributed by atoms with van der Waals surface area (Å²) < 4.78 is 13.1.